The van der Waals surface area contributed by atoms with Crippen molar-refractivity contribution in [2.45, 2.75) is 52.5 Å². The molecule has 1 rings (SSSR count). The van der Waals surface area contributed by atoms with Crippen LogP contribution in [0.1, 0.15) is 45.1 Å². The molecule has 0 heterocycles. The first-order chi connectivity index (χ1) is 8.10. The van der Waals surface area contributed by atoms with Crippen LogP contribution in [0.4, 0.5) is 5.69 Å². The van der Waals surface area contributed by atoms with Crippen LogP contribution >= 0.6 is 9.24 Å². The van der Waals surface area contributed by atoms with Crippen LogP contribution in [0.25, 0.3) is 0 Å². The molecule has 0 bridgehead atoms. The minimum atomic E-state index is 0.680. The van der Waals surface area contributed by atoms with Crippen molar-refractivity contribution in [1.82, 2.24) is 0 Å². The largest absolute Gasteiger partial charge is 0.372 e. The fourth-order valence-electron chi connectivity index (χ4n) is 2.29. The maximum absolute atomic E-state index is 2.79. The van der Waals surface area contributed by atoms with Gasteiger partial charge in [-0.15, -0.1) is 9.24 Å². The summed E-state index contributed by atoms with van der Waals surface area (Å²) < 4.78 is 0. The lowest BCUT2D eigenvalue weighted by Gasteiger charge is -2.30. The fraction of sp³-hybridized carbons (Fsp3) is 0.600. The predicted octanol–water partition coefficient (Wildman–Crippen LogP) is 3.90. The molecule has 0 radical (unpaired) electrons. The Hall–Kier alpha value is -0.550. The zero-order valence-corrected chi connectivity index (χ0v) is 12.8. The lowest BCUT2D eigenvalue weighted by Crippen LogP contribution is -2.31. The minimum Gasteiger partial charge on any atom is -0.372 e. The molecule has 0 amide bonds. The number of aryl methyl sites for hydroxylation is 1. The van der Waals surface area contributed by atoms with Crippen LogP contribution in [0.15, 0.2) is 18.2 Å². The average molecular weight is 251 g/mol. The molecule has 1 aromatic carbocycles. The Morgan fingerprint density at radius 3 is 2.24 bits per heavy atom. The van der Waals surface area contributed by atoms with Crippen LogP contribution in [0, 0.1) is 6.92 Å². The molecule has 0 aliphatic heterocycles. The quantitative estimate of drug-likeness (QED) is 0.693. The van der Waals surface area contributed by atoms with Crippen molar-refractivity contribution < 1.29 is 0 Å². The molecule has 0 spiro atoms. The minimum absolute atomic E-state index is 0.680. The lowest BCUT2D eigenvalue weighted by molar-refractivity contribution is 0.528. The molecular formula is C15H26NP. The summed E-state index contributed by atoms with van der Waals surface area (Å²) in [4.78, 5) is 2.45. The van der Waals surface area contributed by atoms with Gasteiger partial charge in [0.1, 0.15) is 0 Å². The van der Waals surface area contributed by atoms with Gasteiger partial charge in [-0.25, -0.2) is 0 Å². The Labute approximate surface area is 109 Å². The topological polar surface area (TPSA) is 3.24 Å². The molecule has 0 aliphatic rings. The number of nitrogens with zero attached hydrogens (tertiary/aromatic N) is 1. The van der Waals surface area contributed by atoms with Crippen molar-refractivity contribution in [3.63, 3.8) is 0 Å². The van der Waals surface area contributed by atoms with Crippen LogP contribution < -0.4 is 10.2 Å². The molecule has 2 heteroatoms. The molecule has 0 aromatic heterocycles. The van der Waals surface area contributed by atoms with Crippen molar-refractivity contribution in [2.24, 2.45) is 0 Å². The van der Waals surface area contributed by atoms with Crippen LogP contribution in [0.3, 0.4) is 0 Å². The van der Waals surface area contributed by atoms with E-state index in [2.05, 4.69) is 60.2 Å². The standard InChI is InChI=1S/C15H26NP/c1-5-7-13(8-6-2)16(4)14-9-10-15(17)12(3)11-14/h9-11,13H,5-8,17H2,1-4H3. The van der Waals surface area contributed by atoms with Crippen LogP contribution in [-0.2, 0) is 0 Å². The zero-order valence-electron chi connectivity index (χ0n) is 11.7. The summed E-state index contributed by atoms with van der Waals surface area (Å²) in [5, 5.41) is 1.30. The molecule has 17 heavy (non-hydrogen) atoms. The van der Waals surface area contributed by atoms with E-state index in [0.717, 1.165) is 0 Å². The second-order valence-electron chi connectivity index (χ2n) is 4.88. The van der Waals surface area contributed by atoms with E-state index in [1.165, 1.54) is 42.2 Å². The maximum atomic E-state index is 2.79. The third kappa shape index (κ3) is 4.00. The summed E-state index contributed by atoms with van der Waals surface area (Å²) in [5.74, 6) is 0. The van der Waals surface area contributed by atoms with Gasteiger partial charge < -0.3 is 4.90 Å². The summed E-state index contributed by atoms with van der Waals surface area (Å²) in [6.45, 7) is 6.72. The van der Waals surface area contributed by atoms with Gasteiger partial charge in [-0.3, -0.25) is 0 Å². The van der Waals surface area contributed by atoms with E-state index in [1.54, 1.807) is 0 Å². The first-order valence-corrected chi connectivity index (χ1v) is 7.26. The number of hydrogen-bond acceptors (Lipinski definition) is 1. The third-order valence-corrected chi connectivity index (χ3v) is 4.10. The molecule has 0 fully saturated rings. The monoisotopic (exact) mass is 251 g/mol. The van der Waals surface area contributed by atoms with Gasteiger partial charge in [-0.2, -0.15) is 0 Å². The molecule has 1 nitrogen and oxygen atoms in total. The summed E-state index contributed by atoms with van der Waals surface area (Å²) in [5.41, 5.74) is 2.70. The van der Waals surface area contributed by atoms with Gasteiger partial charge in [0.15, 0.2) is 0 Å². The second-order valence-corrected chi connectivity index (χ2v) is 5.50. The number of rotatable bonds is 6. The number of benzene rings is 1. The molecule has 1 unspecified atom stereocenters. The molecule has 96 valence electrons. The van der Waals surface area contributed by atoms with Gasteiger partial charge >= 0.3 is 0 Å². The van der Waals surface area contributed by atoms with Crippen molar-refractivity contribution in [2.75, 3.05) is 11.9 Å². The average Bonchev–Trinajstić information content (AvgIpc) is 2.31. The first kappa shape index (κ1) is 14.5. The zero-order chi connectivity index (χ0) is 12.8. The Morgan fingerprint density at radius 1 is 1.18 bits per heavy atom. The fourth-order valence-corrected chi connectivity index (χ4v) is 2.47. The van der Waals surface area contributed by atoms with E-state index >= 15 is 0 Å². The Bertz CT molecular complexity index is 343. The van der Waals surface area contributed by atoms with Crippen molar-refractivity contribution in [3.05, 3.63) is 23.8 Å². The highest BCUT2D eigenvalue weighted by Gasteiger charge is 2.13. The van der Waals surface area contributed by atoms with Crippen LogP contribution in [0.2, 0.25) is 0 Å². The van der Waals surface area contributed by atoms with Gasteiger partial charge in [0, 0.05) is 18.8 Å². The molecule has 0 aliphatic carbocycles. The second kappa shape index (κ2) is 7.01. The van der Waals surface area contributed by atoms with Gasteiger partial charge in [-0.05, 0) is 42.8 Å². The van der Waals surface area contributed by atoms with E-state index in [0.29, 0.717) is 6.04 Å². The molecule has 1 atom stereocenters. The third-order valence-electron chi connectivity index (χ3n) is 3.45. The molecule has 0 saturated heterocycles. The summed E-state index contributed by atoms with van der Waals surface area (Å²) >= 11 is 0. The van der Waals surface area contributed by atoms with E-state index in [-0.39, 0.29) is 0 Å². The first-order valence-electron chi connectivity index (χ1n) is 6.69. The van der Waals surface area contributed by atoms with Gasteiger partial charge in [0.05, 0.1) is 0 Å². The lowest BCUT2D eigenvalue weighted by atomic mass is 10.0. The van der Waals surface area contributed by atoms with E-state index < -0.39 is 0 Å². The highest BCUT2D eigenvalue weighted by atomic mass is 31.0. The summed E-state index contributed by atoms with van der Waals surface area (Å²) in [6.07, 6.45) is 5.09. The highest BCUT2D eigenvalue weighted by Crippen LogP contribution is 2.21. The van der Waals surface area contributed by atoms with Crippen molar-refractivity contribution in [3.8, 4) is 0 Å². The molecule has 0 saturated carbocycles. The van der Waals surface area contributed by atoms with Crippen molar-refractivity contribution >= 4 is 20.2 Å². The number of hydrogen-bond donors (Lipinski definition) is 0. The van der Waals surface area contributed by atoms with Gasteiger partial charge in [0.2, 0.25) is 0 Å². The predicted molar refractivity (Wildman–Crippen MR) is 82.5 cm³/mol. The number of anilines is 1. The Balaban J connectivity index is 2.84. The summed E-state index contributed by atoms with van der Waals surface area (Å²) in [6, 6.07) is 7.40. The summed E-state index contributed by atoms with van der Waals surface area (Å²) in [7, 11) is 5.02. The van der Waals surface area contributed by atoms with E-state index in [1.807, 2.05) is 0 Å². The smallest absolute Gasteiger partial charge is 0.0369 e. The SMILES string of the molecule is CCCC(CCC)N(C)c1ccc(P)c(C)c1. The normalized spacial score (nSPS) is 10.9. The molecule has 0 N–H and O–H groups in total. The van der Waals surface area contributed by atoms with Crippen LogP contribution in [-0.4, -0.2) is 13.1 Å². The highest BCUT2D eigenvalue weighted by molar-refractivity contribution is 7.27. The van der Waals surface area contributed by atoms with E-state index in [4.69, 9.17) is 0 Å². The maximum Gasteiger partial charge on any atom is 0.0369 e. The Kier molecular flexibility index (Phi) is 5.98. The van der Waals surface area contributed by atoms with Crippen LogP contribution in [0.5, 0.6) is 0 Å². The van der Waals surface area contributed by atoms with Gasteiger partial charge in [-0.1, -0.05) is 32.8 Å². The van der Waals surface area contributed by atoms with Crippen molar-refractivity contribution in [1.29, 1.82) is 0 Å². The molecular weight excluding hydrogens is 225 g/mol. The Morgan fingerprint density at radius 2 is 1.76 bits per heavy atom. The molecule has 1 aromatic rings. The van der Waals surface area contributed by atoms with E-state index in [9.17, 15) is 0 Å². The van der Waals surface area contributed by atoms with Gasteiger partial charge in [0.25, 0.3) is 0 Å².